The summed E-state index contributed by atoms with van der Waals surface area (Å²) in [7, 11) is 1.38. The number of hydrogen-bond donors (Lipinski definition) is 0. The van der Waals surface area contributed by atoms with Gasteiger partial charge in [-0.1, -0.05) is 29.8 Å². The number of carbonyl (C=O) groups is 2. The van der Waals surface area contributed by atoms with Crippen molar-refractivity contribution >= 4 is 34.9 Å². The Morgan fingerprint density at radius 1 is 1.28 bits per heavy atom. The van der Waals surface area contributed by atoms with Crippen LogP contribution in [-0.4, -0.2) is 56.4 Å². The van der Waals surface area contributed by atoms with Crippen LogP contribution in [0.2, 0.25) is 5.02 Å². The lowest BCUT2D eigenvalue weighted by Crippen LogP contribution is -2.38. The first-order valence-corrected chi connectivity index (χ1v) is 11.8. The van der Waals surface area contributed by atoms with E-state index in [0.717, 1.165) is 35.3 Å². The number of thiophene rings is 1. The fraction of sp³-hybridized carbons (Fsp3) is 0.478. The Labute approximate surface area is 196 Å². The van der Waals surface area contributed by atoms with Crippen LogP contribution in [0.5, 0.6) is 5.06 Å². The number of methoxy groups -OCH3 is 1. The number of nitrogens with zero attached hydrogens (tertiary/aromatic N) is 1. The van der Waals surface area contributed by atoms with Crippen molar-refractivity contribution in [3.8, 4) is 5.06 Å². The molecule has 2 aliphatic rings. The molecule has 172 valence electrons. The summed E-state index contributed by atoms with van der Waals surface area (Å²) in [5, 5.41) is 1.07. The molecule has 0 bridgehead atoms. The van der Waals surface area contributed by atoms with Crippen molar-refractivity contribution in [1.82, 2.24) is 4.90 Å². The molecule has 2 aliphatic heterocycles. The third kappa shape index (κ3) is 5.50. The minimum Gasteiger partial charge on any atom is -0.468 e. The van der Waals surface area contributed by atoms with Crippen LogP contribution in [0.25, 0.3) is 0 Å². The number of benzene rings is 1. The van der Waals surface area contributed by atoms with Crippen molar-refractivity contribution < 1.29 is 28.5 Å². The number of carbonyl (C=O) groups excluding carboxylic acids is 2. The van der Waals surface area contributed by atoms with E-state index in [1.54, 1.807) is 6.07 Å². The lowest BCUT2D eigenvalue weighted by atomic mass is 10.0. The normalized spacial score (nSPS) is 18.1. The van der Waals surface area contributed by atoms with E-state index >= 15 is 0 Å². The zero-order chi connectivity index (χ0) is 22.5. The lowest BCUT2D eigenvalue weighted by molar-refractivity contribution is -0.147. The molecule has 2 aromatic rings. The van der Waals surface area contributed by atoms with Crippen LogP contribution in [0, 0.1) is 0 Å². The van der Waals surface area contributed by atoms with Gasteiger partial charge in [0.1, 0.15) is 12.6 Å². The molecule has 1 atom stereocenters. The van der Waals surface area contributed by atoms with Crippen molar-refractivity contribution in [3.05, 3.63) is 51.4 Å². The van der Waals surface area contributed by atoms with Crippen molar-refractivity contribution in [2.24, 2.45) is 0 Å². The van der Waals surface area contributed by atoms with Crippen LogP contribution < -0.4 is 4.74 Å². The maximum Gasteiger partial charge on any atom is 0.338 e. The van der Waals surface area contributed by atoms with Gasteiger partial charge >= 0.3 is 11.9 Å². The molecular weight excluding hydrogens is 454 g/mol. The van der Waals surface area contributed by atoms with Crippen LogP contribution >= 0.6 is 22.9 Å². The van der Waals surface area contributed by atoms with E-state index in [1.165, 1.54) is 18.4 Å². The van der Waals surface area contributed by atoms with Gasteiger partial charge in [0, 0.05) is 36.2 Å². The van der Waals surface area contributed by atoms with Gasteiger partial charge in [0.25, 0.3) is 0 Å². The van der Waals surface area contributed by atoms with E-state index in [0.29, 0.717) is 36.4 Å². The molecule has 0 saturated carbocycles. The van der Waals surface area contributed by atoms with Crippen molar-refractivity contribution in [2.45, 2.75) is 38.0 Å². The Morgan fingerprint density at radius 2 is 2.06 bits per heavy atom. The van der Waals surface area contributed by atoms with E-state index < -0.39 is 12.0 Å². The first-order valence-electron chi connectivity index (χ1n) is 10.6. The number of ether oxygens (including phenoxy) is 4. The third-order valence-electron chi connectivity index (χ3n) is 5.68. The third-order valence-corrected chi connectivity index (χ3v) is 7.14. The highest BCUT2D eigenvalue weighted by Crippen LogP contribution is 2.37. The highest BCUT2D eigenvalue weighted by Gasteiger charge is 2.33. The number of halogens is 1. The number of rotatable bonds is 7. The van der Waals surface area contributed by atoms with Gasteiger partial charge in [0.05, 0.1) is 13.2 Å². The zero-order valence-corrected chi connectivity index (χ0v) is 19.5. The Morgan fingerprint density at radius 3 is 2.81 bits per heavy atom. The second-order valence-electron chi connectivity index (χ2n) is 7.78. The summed E-state index contributed by atoms with van der Waals surface area (Å²) in [5.74, 6) is -0.760. The highest BCUT2D eigenvalue weighted by atomic mass is 35.5. The van der Waals surface area contributed by atoms with Crippen LogP contribution in [0.3, 0.4) is 0 Å². The lowest BCUT2D eigenvalue weighted by Gasteiger charge is -2.33. The average Bonchev–Trinajstić information content (AvgIpc) is 3.21. The van der Waals surface area contributed by atoms with Crippen molar-refractivity contribution in [1.29, 1.82) is 0 Å². The molecule has 1 aromatic carbocycles. The molecule has 0 amide bonds. The van der Waals surface area contributed by atoms with Gasteiger partial charge in [-0.3, -0.25) is 4.90 Å². The van der Waals surface area contributed by atoms with Gasteiger partial charge in [-0.05, 0) is 42.5 Å². The monoisotopic (exact) mass is 479 g/mol. The Balaban J connectivity index is 1.40. The number of hydrogen-bond acceptors (Lipinski definition) is 8. The van der Waals surface area contributed by atoms with Crippen molar-refractivity contribution in [3.63, 3.8) is 0 Å². The SMILES string of the molecule is COC(=O)[C@H](c1ccccc1Cl)N1CCc2sc(OC(=O)COC3CCOCC3)cc2C1. The van der Waals surface area contributed by atoms with Crippen molar-refractivity contribution in [2.75, 3.05) is 33.5 Å². The first kappa shape index (κ1) is 23.2. The summed E-state index contributed by atoms with van der Waals surface area (Å²) in [6.07, 6.45) is 2.38. The summed E-state index contributed by atoms with van der Waals surface area (Å²) in [6.45, 7) is 2.45. The molecule has 4 rings (SSSR count). The van der Waals surface area contributed by atoms with Gasteiger partial charge in [-0.15, -0.1) is 11.3 Å². The predicted molar refractivity (Wildman–Crippen MR) is 120 cm³/mol. The predicted octanol–water partition coefficient (Wildman–Crippen LogP) is 3.77. The Hall–Kier alpha value is -1.97. The molecule has 0 N–H and O–H groups in total. The topological polar surface area (TPSA) is 74.3 Å². The second kappa shape index (κ2) is 10.8. The fourth-order valence-corrected chi connectivity index (χ4v) is 5.32. The highest BCUT2D eigenvalue weighted by molar-refractivity contribution is 7.14. The molecule has 3 heterocycles. The minimum absolute atomic E-state index is 0.0430. The molecule has 32 heavy (non-hydrogen) atoms. The Kier molecular flexibility index (Phi) is 7.80. The molecule has 1 aromatic heterocycles. The van der Waals surface area contributed by atoms with Gasteiger partial charge in [0.15, 0.2) is 5.06 Å². The van der Waals surface area contributed by atoms with E-state index in [9.17, 15) is 9.59 Å². The Bertz CT molecular complexity index is 958. The van der Waals surface area contributed by atoms with Crippen LogP contribution in [0.15, 0.2) is 30.3 Å². The van der Waals surface area contributed by atoms with Gasteiger partial charge < -0.3 is 18.9 Å². The quantitative estimate of drug-likeness (QED) is 0.559. The largest absolute Gasteiger partial charge is 0.468 e. The molecule has 1 saturated heterocycles. The van der Waals surface area contributed by atoms with E-state index in [-0.39, 0.29) is 18.7 Å². The van der Waals surface area contributed by atoms with E-state index in [1.807, 2.05) is 29.2 Å². The summed E-state index contributed by atoms with van der Waals surface area (Å²) in [5.41, 5.74) is 1.76. The summed E-state index contributed by atoms with van der Waals surface area (Å²) < 4.78 is 21.5. The molecule has 7 nitrogen and oxygen atoms in total. The average molecular weight is 480 g/mol. The first-order chi connectivity index (χ1) is 15.5. The fourth-order valence-electron chi connectivity index (χ4n) is 4.05. The maximum atomic E-state index is 12.6. The summed E-state index contributed by atoms with van der Waals surface area (Å²) in [4.78, 5) is 28.0. The van der Waals surface area contributed by atoms with Crippen LogP contribution in [0.4, 0.5) is 0 Å². The minimum atomic E-state index is -0.597. The number of fused-ring (bicyclic) bond motifs is 1. The second-order valence-corrected chi connectivity index (χ2v) is 9.28. The summed E-state index contributed by atoms with van der Waals surface area (Å²) in [6, 6.07) is 8.59. The van der Waals surface area contributed by atoms with Gasteiger partial charge in [-0.25, -0.2) is 9.59 Å². The van der Waals surface area contributed by atoms with E-state index in [4.69, 9.17) is 30.5 Å². The zero-order valence-electron chi connectivity index (χ0n) is 17.9. The molecule has 0 unspecified atom stereocenters. The molecule has 9 heteroatoms. The maximum absolute atomic E-state index is 12.6. The number of esters is 2. The van der Waals surface area contributed by atoms with Gasteiger partial charge in [-0.2, -0.15) is 0 Å². The van der Waals surface area contributed by atoms with Gasteiger partial charge in [0.2, 0.25) is 0 Å². The van der Waals surface area contributed by atoms with Crippen LogP contribution in [-0.2, 0) is 36.8 Å². The van der Waals surface area contributed by atoms with E-state index in [2.05, 4.69) is 0 Å². The molecule has 0 radical (unpaired) electrons. The smallest absolute Gasteiger partial charge is 0.338 e. The molecule has 0 aliphatic carbocycles. The summed E-state index contributed by atoms with van der Waals surface area (Å²) >= 11 is 7.84. The molecular formula is C23H26ClNO6S. The standard InChI is InChI=1S/C23H26ClNO6S/c1-28-23(27)22(17-4-2-3-5-18(17)24)25-9-6-19-15(13-25)12-21(32-19)31-20(26)14-30-16-7-10-29-11-8-16/h2-5,12,16,22H,6-11,13-14H2,1H3/t22-/m0/s1. The van der Waals surface area contributed by atoms with Crippen LogP contribution in [0.1, 0.15) is 34.9 Å². The molecule has 0 spiro atoms. The molecule has 1 fully saturated rings.